The van der Waals surface area contributed by atoms with Gasteiger partial charge in [0.15, 0.2) is 0 Å². The number of amides is 3. The molecule has 2 fully saturated rings. The molecule has 182 valence electrons. The zero-order valence-electron chi connectivity index (χ0n) is 20.7. The van der Waals surface area contributed by atoms with Crippen LogP contribution in [0.2, 0.25) is 18.1 Å². The van der Waals surface area contributed by atoms with Crippen LogP contribution >= 0.6 is 0 Å². The summed E-state index contributed by atoms with van der Waals surface area (Å²) in [7, 11) is -1.99. The highest BCUT2D eigenvalue weighted by Crippen LogP contribution is 2.38. The molecule has 0 aliphatic carbocycles. The molecule has 0 aromatic heterocycles. The van der Waals surface area contributed by atoms with Gasteiger partial charge in [-0.25, -0.2) is 4.79 Å². The Hall–Kier alpha value is -2.84. The Morgan fingerprint density at radius 3 is 2.53 bits per heavy atom. The van der Waals surface area contributed by atoms with Crippen molar-refractivity contribution < 1.29 is 18.9 Å². The van der Waals surface area contributed by atoms with Crippen LogP contribution in [-0.4, -0.2) is 48.8 Å². The molecule has 4 rings (SSSR count). The number of hydrogen-bond donors (Lipinski definition) is 1. The highest BCUT2D eigenvalue weighted by Gasteiger charge is 2.48. The zero-order chi connectivity index (χ0) is 24.5. The van der Waals surface area contributed by atoms with Crippen LogP contribution in [0.1, 0.15) is 39.2 Å². The van der Waals surface area contributed by atoms with E-state index in [1.165, 1.54) is 5.06 Å². The predicted octanol–water partition coefficient (Wildman–Crippen LogP) is 5.41. The average Bonchev–Trinajstić information content (AvgIpc) is 3.01. The molecular formula is C26H35N3O4Si. The van der Waals surface area contributed by atoms with Gasteiger partial charge in [-0.2, -0.15) is 5.06 Å². The lowest BCUT2D eigenvalue weighted by Crippen LogP contribution is -2.47. The molecule has 1 N–H and O–H groups in total. The lowest BCUT2D eigenvalue weighted by atomic mass is 10.0. The first-order valence-electron chi connectivity index (χ1n) is 11.9. The lowest BCUT2D eigenvalue weighted by molar-refractivity contribution is -0.140. The van der Waals surface area contributed by atoms with Crippen LogP contribution in [-0.2, 0) is 16.2 Å². The fourth-order valence-electron chi connectivity index (χ4n) is 4.10. The number of carbonyl (C=O) groups is 2. The molecule has 2 atom stereocenters. The van der Waals surface area contributed by atoms with E-state index < -0.39 is 14.4 Å². The van der Waals surface area contributed by atoms with Gasteiger partial charge in [-0.15, -0.1) is 0 Å². The first-order valence-corrected chi connectivity index (χ1v) is 14.8. The first-order chi connectivity index (χ1) is 16.0. The van der Waals surface area contributed by atoms with Crippen LogP contribution in [0, 0.1) is 0 Å². The minimum Gasteiger partial charge on any atom is -0.543 e. The van der Waals surface area contributed by atoms with E-state index in [-0.39, 0.29) is 23.0 Å². The summed E-state index contributed by atoms with van der Waals surface area (Å²) in [6.07, 6.45) is 1.33. The van der Waals surface area contributed by atoms with Gasteiger partial charge in [0.25, 0.3) is 0 Å². The fourth-order valence-corrected chi connectivity index (χ4v) is 5.12. The van der Waals surface area contributed by atoms with E-state index in [9.17, 15) is 9.59 Å². The monoisotopic (exact) mass is 481 g/mol. The summed E-state index contributed by atoms with van der Waals surface area (Å²) in [4.78, 5) is 33.6. The summed E-state index contributed by atoms with van der Waals surface area (Å²) < 4.78 is 6.38. The Balaban J connectivity index is 1.39. The van der Waals surface area contributed by atoms with Gasteiger partial charge in [-0.3, -0.25) is 9.63 Å². The summed E-state index contributed by atoms with van der Waals surface area (Å²) in [5.74, 6) is 0.576. The topological polar surface area (TPSA) is 71.1 Å². The molecule has 2 saturated heterocycles. The number of rotatable bonds is 7. The summed E-state index contributed by atoms with van der Waals surface area (Å²) in [5.41, 5.74) is 1.67. The van der Waals surface area contributed by atoms with Gasteiger partial charge in [0.2, 0.25) is 14.2 Å². The summed E-state index contributed by atoms with van der Waals surface area (Å²) in [6.45, 7) is 11.8. The van der Waals surface area contributed by atoms with Crippen molar-refractivity contribution >= 4 is 25.9 Å². The van der Waals surface area contributed by atoms with Gasteiger partial charge < -0.3 is 14.6 Å². The number of carbonyl (C=O) groups excluding carboxylic acids is 2. The van der Waals surface area contributed by atoms with E-state index in [0.717, 1.165) is 17.7 Å². The maximum absolute atomic E-state index is 13.1. The second-order valence-electron chi connectivity index (χ2n) is 10.6. The number of urea groups is 1. The molecule has 0 saturated carbocycles. The average molecular weight is 482 g/mol. The molecule has 3 amide bonds. The molecular weight excluding hydrogens is 446 g/mol. The van der Waals surface area contributed by atoms with Crippen LogP contribution < -0.4 is 9.74 Å². The Kier molecular flexibility index (Phi) is 6.73. The predicted molar refractivity (Wildman–Crippen MR) is 135 cm³/mol. The van der Waals surface area contributed by atoms with Gasteiger partial charge in [-0.05, 0) is 48.7 Å². The largest absolute Gasteiger partial charge is 0.543 e. The van der Waals surface area contributed by atoms with Gasteiger partial charge in [0.1, 0.15) is 18.4 Å². The number of nitrogens with zero attached hydrogens (tertiary/aromatic N) is 2. The van der Waals surface area contributed by atoms with E-state index >= 15 is 0 Å². The van der Waals surface area contributed by atoms with Crippen molar-refractivity contribution in [3.8, 4) is 5.75 Å². The quantitative estimate of drug-likeness (QED) is 0.537. The van der Waals surface area contributed by atoms with Crippen molar-refractivity contribution in [3.63, 3.8) is 0 Å². The number of hydroxylamine groups is 2. The Bertz CT molecular complexity index is 1040. The molecule has 2 aliphatic heterocycles. The number of benzene rings is 2. The summed E-state index contributed by atoms with van der Waals surface area (Å²) in [6, 6.07) is 16.5. The zero-order valence-corrected chi connectivity index (χ0v) is 21.7. The SMILES string of the molecule is CC(C)(C)[Si](C)(C)Oc1cccc(NC(=O)[C@@H]2CC[C@H]3CN2C(=O)N3OCc2ccccc2)c1. The molecule has 2 aromatic carbocycles. The number of piperidine rings is 1. The molecule has 2 heterocycles. The molecule has 2 bridgehead atoms. The van der Waals surface area contributed by atoms with Gasteiger partial charge in [-0.1, -0.05) is 57.2 Å². The maximum Gasteiger partial charge on any atom is 0.345 e. The normalized spacial score (nSPS) is 20.4. The number of anilines is 1. The lowest BCUT2D eigenvalue weighted by Gasteiger charge is -2.36. The van der Waals surface area contributed by atoms with Crippen molar-refractivity contribution in [1.29, 1.82) is 0 Å². The van der Waals surface area contributed by atoms with E-state index in [4.69, 9.17) is 9.26 Å². The van der Waals surface area contributed by atoms with Crippen molar-refractivity contribution in [1.82, 2.24) is 9.96 Å². The van der Waals surface area contributed by atoms with E-state index in [2.05, 4.69) is 39.2 Å². The molecule has 34 heavy (non-hydrogen) atoms. The Morgan fingerprint density at radius 2 is 1.82 bits per heavy atom. The Labute approximate surface area is 203 Å². The minimum absolute atomic E-state index is 0.0263. The van der Waals surface area contributed by atoms with Crippen LogP contribution in [0.15, 0.2) is 54.6 Å². The van der Waals surface area contributed by atoms with Crippen molar-refractivity contribution in [3.05, 3.63) is 60.2 Å². The molecule has 2 aromatic rings. The van der Waals surface area contributed by atoms with Crippen molar-refractivity contribution in [2.24, 2.45) is 0 Å². The molecule has 2 aliphatic rings. The van der Waals surface area contributed by atoms with Crippen LogP contribution in [0.3, 0.4) is 0 Å². The number of fused-ring (bicyclic) bond motifs is 2. The summed E-state index contributed by atoms with van der Waals surface area (Å²) >= 11 is 0. The smallest absolute Gasteiger partial charge is 0.345 e. The molecule has 8 heteroatoms. The Morgan fingerprint density at radius 1 is 1.09 bits per heavy atom. The van der Waals surface area contributed by atoms with Crippen molar-refractivity contribution in [2.45, 2.75) is 70.4 Å². The number of nitrogens with one attached hydrogen (secondary N) is 1. The van der Waals surface area contributed by atoms with Gasteiger partial charge in [0, 0.05) is 18.3 Å². The van der Waals surface area contributed by atoms with Gasteiger partial charge >= 0.3 is 6.03 Å². The second-order valence-corrected chi connectivity index (χ2v) is 15.4. The third-order valence-electron chi connectivity index (χ3n) is 7.12. The molecule has 0 unspecified atom stereocenters. The molecule has 0 radical (unpaired) electrons. The number of hydrogen-bond acceptors (Lipinski definition) is 4. The van der Waals surface area contributed by atoms with E-state index in [1.54, 1.807) is 4.90 Å². The second kappa shape index (κ2) is 9.42. The maximum atomic E-state index is 13.1. The molecule has 0 spiro atoms. The van der Waals surface area contributed by atoms with Gasteiger partial charge in [0.05, 0.1) is 6.04 Å². The first kappa shape index (κ1) is 24.3. The highest BCUT2D eigenvalue weighted by molar-refractivity contribution is 6.74. The van der Waals surface area contributed by atoms with E-state index in [1.807, 2.05) is 54.6 Å². The minimum atomic E-state index is -1.99. The third-order valence-corrected chi connectivity index (χ3v) is 11.5. The van der Waals surface area contributed by atoms with Crippen LogP contribution in [0.4, 0.5) is 10.5 Å². The fraction of sp³-hybridized carbons (Fsp3) is 0.462. The van der Waals surface area contributed by atoms with E-state index in [0.29, 0.717) is 25.3 Å². The highest BCUT2D eigenvalue weighted by atomic mass is 28.4. The van der Waals surface area contributed by atoms with Crippen LogP contribution in [0.5, 0.6) is 5.75 Å². The third kappa shape index (κ3) is 5.13. The summed E-state index contributed by atoms with van der Waals surface area (Å²) in [5, 5.41) is 4.53. The van der Waals surface area contributed by atoms with Crippen LogP contribution in [0.25, 0.3) is 0 Å². The standard InChI is InChI=1S/C26H35N3O4Si/c1-26(2,3)34(4,5)33-22-13-9-12-20(16-22)27-24(30)23-15-14-21-17-28(23)25(31)29(21)32-18-19-10-7-6-8-11-19/h6-13,16,21,23H,14-15,17-18H2,1-5H3,(H,27,30)/t21-,23-/m0/s1. The molecule has 7 nitrogen and oxygen atoms in total. The van der Waals surface area contributed by atoms with Crippen molar-refractivity contribution in [2.75, 3.05) is 11.9 Å².